The molecule has 3 aliphatic rings. The third-order valence-corrected chi connectivity index (χ3v) is 6.96. The molecule has 7 heteroatoms. The van der Waals surface area contributed by atoms with Crippen LogP contribution in [0.5, 0.6) is 0 Å². The number of hydrogen-bond acceptors (Lipinski definition) is 4. The highest BCUT2D eigenvalue weighted by atomic mass is 32.2. The van der Waals surface area contributed by atoms with Gasteiger partial charge in [0.05, 0.1) is 5.92 Å². The maximum atomic E-state index is 12.9. The Hall–Kier alpha value is -2.02. The van der Waals surface area contributed by atoms with Crippen molar-refractivity contribution in [3.8, 4) is 0 Å². The molecule has 1 atom stereocenters. The number of likely N-dealkylation sites (tertiary alicyclic amines) is 1. The Labute approximate surface area is 170 Å². The van der Waals surface area contributed by atoms with Crippen molar-refractivity contribution >= 4 is 35.2 Å². The number of rotatable bonds is 3. The van der Waals surface area contributed by atoms with E-state index in [2.05, 4.69) is 0 Å². The van der Waals surface area contributed by atoms with E-state index in [4.69, 9.17) is 0 Å². The number of carbonyl (C=O) groups is 3. The second kappa shape index (κ2) is 8.55. The molecule has 3 saturated heterocycles. The van der Waals surface area contributed by atoms with E-state index in [0.717, 1.165) is 43.1 Å². The topological polar surface area (TPSA) is 60.9 Å². The number of hydrogen-bond donors (Lipinski definition) is 0. The first-order valence-electron chi connectivity index (χ1n) is 10.1. The van der Waals surface area contributed by atoms with Gasteiger partial charge in [0, 0.05) is 62.3 Å². The number of anilines is 1. The monoisotopic (exact) mass is 401 g/mol. The number of carbonyl (C=O) groups excluding carboxylic acids is 3. The molecule has 3 aliphatic heterocycles. The molecule has 0 aliphatic carbocycles. The van der Waals surface area contributed by atoms with Gasteiger partial charge in [0.25, 0.3) is 0 Å². The van der Waals surface area contributed by atoms with E-state index < -0.39 is 0 Å². The second-order valence-corrected chi connectivity index (χ2v) is 9.00. The van der Waals surface area contributed by atoms with Gasteiger partial charge in [0.1, 0.15) is 0 Å². The second-order valence-electron chi connectivity index (χ2n) is 7.78. The van der Waals surface area contributed by atoms with Crippen LogP contribution < -0.4 is 4.90 Å². The van der Waals surface area contributed by atoms with Crippen LogP contribution in [0.4, 0.5) is 5.69 Å². The maximum absolute atomic E-state index is 12.9. The lowest BCUT2D eigenvalue weighted by molar-refractivity contribution is -0.142. The molecule has 0 spiro atoms. The maximum Gasteiger partial charge on any atom is 0.228 e. The van der Waals surface area contributed by atoms with Gasteiger partial charge in [0.2, 0.25) is 17.7 Å². The normalized spacial score (nSPS) is 23.9. The zero-order chi connectivity index (χ0) is 19.5. The summed E-state index contributed by atoms with van der Waals surface area (Å²) in [5.41, 5.74) is 0.854. The molecule has 4 rings (SSSR count). The van der Waals surface area contributed by atoms with Gasteiger partial charge in [-0.15, -0.1) is 0 Å². The number of nitrogens with zero attached hydrogens (tertiary/aromatic N) is 3. The average molecular weight is 402 g/mol. The van der Waals surface area contributed by atoms with Crippen LogP contribution >= 0.6 is 11.8 Å². The van der Waals surface area contributed by atoms with Gasteiger partial charge >= 0.3 is 0 Å². The Kier molecular flexibility index (Phi) is 5.90. The lowest BCUT2D eigenvalue weighted by Gasteiger charge is -2.36. The molecule has 3 fully saturated rings. The van der Waals surface area contributed by atoms with Crippen LogP contribution in [0.3, 0.4) is 0 Å². The molecular weight excluding hydrogens is 374 g/mol. The van der Waals surface area contributed by atoms with E-state index in [1.165, 1.54) is 0 Å². The molecule has 3 heterocycles. The fourth-order valence-corrected chi connectivity index (χ4v) is 5.28. The Morgan fingerprint density at radius 2 is 1.46 bits per heavy atom. The Morgan fingerprint density at radius 1 is 0.857 bits per heavy atom. The van der Waals surface area contributed by atoms with Gasteiger partial charge in [-0.2, -0.15) is 11.8 Å². The molecule has 0 bridgehead atoms. The SMILES string of the molecule is O=C(C1CCN(C(=O)[C@H]2CC(=O)N(c3ccccc3)C2)CC1)N1CCSCC1. The lowest BCUT2D eigenvalue weighted by atomic mass is 9.94. The van der Waals surface area contributed by atoms with E-state index >= 15 is 0 Å². The van der Waals surface area contributed by atoms with E-state index in [9.17, 15) is 14.4 Å². The van der Waals surface area contributed by atoms with Crippen LogP contribution in [0.2, 0.25) is 0 Å². The summed E-state index contributed by atoms with van der Waals surface area (Å²) in [5, 5.41) is 0. The van der Waals surface area contributed by atoms with Crippen molar-refractivity contribution in [3.63, 3.8) is 0 Å². The Morgan fingerprint density at radius 3 is 2.14 bits per heavy atom. The van der Waals surface area contributed by atoms with Crippen LogP contribution in [0, 0.1) is 11.8 Å². The predicted molar refractivity (Wildman–Crippen MR) is 110 cm³/mol. The molecule has 0 N–H and O–H groups in total. The third kappa shape index (κ3) is 4.04. The van der Waals surface area contributed by atoms with E-state index in [0.29, 0.717) is 19.6 Å². The summed E-state index contributed by atoms with van der Waals surface area (Å²) < 4.78 is 0. The van der Waals surface area contributed by atoms with Crippen molar-refractivity contribution in [2.75, 3.05) is 49.1 Å². The number of para-hydroxylation sites is 1. The Balaban J connectivity index is 1.31. The number of piperidine rings is 1. The first-order valence-corrected chi connectivity index (χ1v) is 11.3. The highest BCUT2D eigenvalue weighted by Crippen LogP contribution is 2.28. The predicted octanol–water partition coefficient (Wildman–Crippen LogP) is 1.85. The summed E-state index contributed by atoms with van der Waals surface area (Å²) in [5.74, 6) is 2.15. The highest BCUT2D eigenvalue weighted by molar-refractivity contribution is 7.99. The number of benzene rings is 1. The summed E-state index contributed by atoms with van der Waals surface area (Å²) in [7, 11) is 0. The molecule has 1 aromatic rings. The van der Waals surface area contributed by atoms with Gasteiger partial charge < -0.3 is 14.7 Å². The Bertz CT molecular complexity index is 728. The fourth-order valence-electron chi connectivity index (χ4n) is 4.38. The molecule has 150 valence electrons. The number of thioether (sulfide) groups is 1. The minimum Gasteiger partial charge on any atom is -0.342 e. The van der Waals surface area contributed by atoms with Gasteiger partial charge in [-0.1, -0.05) is 18.2 Å². The minimum atomic E-state index is -0.279. The first-order chi connectivity index (χ1) is 13.6. The van der Waals surface area contributed by atoms with E-state index in [1.54, 1.807) is 4.90 Å². The van der Waals surface area contributed by atoms with Crippen molar-refractivity contribution in [2.24, 2.45) is 11.8 Å². The van der Waals surface area contributed by atoms with Crippen molar-refractivity contribution in [1.29, 1.82) is 0 Å². The number of amides is 3. The first kappa shape index (κ1) is 19.3. The highest BCUT2D eigenvalue weighted by Gasteiger charge is 2.39. The fraction of sp³-hybridized carbons (Fsp3) is 0.571. The van der Waals surface area contributed by atoms with Crippen LogP contribution in [0.1, 0.15) is 19.3 Å². The average Bonchev–Trinajstić information content (AvgIpc) is 3.15. The summed E-state index contributed by atoms with van der Waals surface area (Å²) >= 11 is 1.90. The third-order valence-electron chi connectivity index (χ3n) is 6.02. The van der Waals surface area contributed by atoms with Gasteiger partial charge in [0.15, 0.2) is 0 Å². The summed E-state index contributed by atoms with van der Waals surface area (Å²) in [6, 6.07) is 9.53. The summed E-state index contributed by atoms with van der Waals surface area (Å²) in [4.78, 5) is 43.6. The molecule has 0 saturated carbocycles. The van der Waals surface area contributed by atoms with Gasteiger partial charge in [-0.05, 0) is 25.0 Å². The van der Waals surface area contributed by atoms with Crippen molar-refractivity contribution in [3.05, 3.63) is 30.3 Å². The van der Waals surface area contributed by atoms with Crippen LogP contribution in [-0.4, -0.2) is 71.8 Å². The molecule has 0 unspecified atom stereocenters. The minimum absolute atomic E-state index is 0.0117. The zero-order valence-corrected chi connectivity index (χ0v) is 16.9. The van der Waals surface area contributed by atoms with Crippen LogP contribution in [0.15, 0.2) is 30.3 Å². The quantitative estimate of drug-likeness (QED) is 0.776. The molecule has 0 aromatic heterocycles. The lowest BCUT2D eigenvalue weighted by Crippen LogP contribution is -2.47. The molecule has 0 radical (unpaired) electrons. The van der Waals surface area contributed by atoms with Crippen molar-refractivity contribution < 1.29 is 14.4 Å². The van der Waals surface area contributed by atoms with E-state index in [-0.39, 0.29) is 36.0 Å². The standard InChI is InChI=1S/C21H27N3O3S/c25-19-14-17(15-24(19)18-4-2-1-3-5-18)21(27)22-8-6-16(7-9-22)20(26)23-10-12-28-13-11-23/h1-5,16-17H,6-15H2/t17-/m0/s1. The molecular formula is C21H27N3O3S. The molecule has 1 aromatic carbocycles. The zero-order valence-electron chi connectivity index (χ0n) is 16.1. The summed E-state index contributed by atoms with van der Waals surface area (Å²) in [6.45, 7) is 3.39. The molecule has 28 heavy (non-hydrogen) atoms. The van der Waals surface area contributed by atoms with Crippen molar-refractivity contribution in [1.82, 2.24) is 9.80 Å². The largest absolute Gasteiger partial charge is 0.342 e. The van der Waals surface area contributed by atoms with Gasteiger partial charge in [-0.3, -0.25) is 14.4 Å². The van der Waals surface area contributed by atoms with Crippen LogP contribution in [0.25, 0.3) is 0 Å². The molecule has 6 nitrogen and oxygen atoms in total. The smallest absolute Gasteiger partial charge is 0.228 e. The molecule has 3 amide bonds. The van der Waals surface area contributed by atoms with E-state index in [1.807, 2.05) is 51.9 Å². The van der Waals surface area contributed by atoms with Gasteiger partial charge in [-0.25, -0.2) is 0 Å². The van der Waals surface area contributed by atoms with Crippen LogP contribution in [-0.2, 0) is 14.4 Å². The van der Waals surface area contributed by atoms with Crippen molar-refractivity contribution in [2.45, 2.75) is 19.3 Å². The summed E-state index contributed by atoms with van der Waals surface area (Å²) in [6.07, 6.45) is 1.74.